The van der Waals surface area contributed by atoms with Gasteiger partial charge in [0.05, 0.1) is 5.56 Å². The Morgan fingerprint density at radius 1 is 1.40 bits per heavy atom. The van der Waals surface area contributed by atoms with Gasteiger partial charge in [-0.1, -0.05) is 12.8 Å². The third-order valence-electron chi connectivity index (χ3n) is 3.44. The lowest BCUT2D eigenvalue weighted by atomic mass is 10.2. The van der Waals surface area contributed by atoms with Crippen LogP contribution in [0, 0.1) is 0 Å². The number of alkyl halides is 3. The summed E-state index contributed by atoms with van der Waals surface area (Å²) in [5, 5.41) is 8.94. The molecule has 0 aromatic carbocycles. The molecule has 1 aliphatic carbocycles. The number of carboxylic acid groups (broad SMARTS) is 1. The minimum atomic E-state index is -4.46. The smallest absolute Gasteiger partial charge is 0.416 e. The zero-order valence-electron chi connectivity index (χ0n) is 10.7. The quantitative estimate of drug-likeness (QED) is 0.925. The van der Waals surface area contributed by atoms with Crippen molar-refractivity contribution in [2.24, 2.45) is 0 Å². The molecule has 110 valence electrons. The van der Waals surface area contributed by atoms with E-state index in [4.69, 9.17) is 5.11 Å². The Morgan fingerprint density at radius 2 is 2.05 bits per heavy atom. The molecule has 0 radical (unpaired) electrons. The van der Waals surface area contributed by atoms with Crippen molar-refractivity contribution in [3.05, 3.63) is 23.9 Å². The Kier molecular flexibility index (Phi) is 4.15. The molecular formula is C13H15F3N2O2. The number of carbonyl (C=O) groups is 1. The van der Waals surface area contributed by atoms with Crippen molar-refractivity contribution in [1.29, 1.82) is 0 Å². The molecule has 1 heterocycles. The summed E-state index contributed by atoms with van der Waals surface area (Å²) >= 11 is 0. The third-order valence-corrected chi connectivity index (χ3v) is 3.44. The van der Waals surface area contributed by atoms with E-state index in [0.29, 0.717) is 0 Å². The Labute approximate surface area is 114 Å². The van der Waals surface area contributed by atoms with Gasteiger partial charge in [0.1, 0.15) is 12.4 Å². The molecule has 0 aliphatic heterocycles. The van der Waals surface area contributed by atoms with Crippen molar-refractivity contribution in [2.75, 3.05) is 11.4 Å². The second kappa shape index (κ2) is 5.68. The van der Waals surface area contributed by atoms with Crippen molar-refractivity contribution in [1.82, 2.24) is 4.98 Å². The van der Waals surface area contributed by atoms with E-state index in [1.54, 1.807) is 0 Å². The number of carboxylic acids is 1. The monoisotopic (exact) mass is 288 g/mol. The molecule has 0 bridgehead atoms. The Hall–Kier alpha value is -1.79. The number of halogens is 3. The largest absolute Gasteiger partial charge is 0.480 e. The van der Waals surface area contributed by atoms with Gasteiger partial charge >= 0.3 is 12.1 Å². The Bertz CT molecular complexity index is 485. The maximum atomic E-state index is 12.7. The van der Waals surface area contributed by atoms with Crippen LogP contribution < -0.4 is 4.90 Å². The highest BCUT2D eigenvalue weighted by atomic mass is 19.4. The lowest BCUT2D eigenvalue weighted by Gasteiger charge is -2.28. The van der Waals surface area contributed by atoms with Gasteiger partial charge in [-0.2, -0.15) is 13.2 Å². The van der Waals surface area contributed by atoms with E-state index < -0.39 is 17.7 Å². The van der Waals surface area contributed by atoms with Gasteiger partial charge in [0.25, 0.3) is 0 Å². The Balaban J connectivity index is 2.30. The molecular weight excluding hydrogens is 273 g/mol. The molecule has 0 saturated heterocycles. The van der Waals surface area contributed by atoms with Crippen LogP contribution in [0.25, 0.3) is 0 Å². The number of nitrogens with zero attached hydrogens (tertiary/aromatic N) is 2. The lowest BCUT2D eigenvalue weighted by molar-refractivity contribution is -0.137. The van der Waals surface area contributed by atoms with E-state index in [0.717, 1.165) is 44.0 Å². The average molecular weight is 288 g/mol. The van der Waals surface area contributed by atoms with Crippen LogP contribution >= 0.6 is 0 Å². The molecule has 1 aliphatic rings. The van der Waals surface area contributed by atoms with E-state index in [1.165, 1.54) is 4.90 Å². The number of anilines is 1. The molecule has 7 heteroatoms. The zero-order chi connectivity index (χ0) is 14.8. The van der Waals surface area contributed by atoms with Gasteiger partial charge in [-0.3, -0.25) is 4.79 Å². The van der Waals surface area contributed by atoms with Crippen LogP contribution in [-0.4, -0.2) is 28.6 Å². The number of hydrogen-bond acceptors (Lipinski definition) is 3. The fourth-order valence-corrected chi connectivity index (χ4v) is 2.51. The van der Waals surface area contributed by atoms with Crippen LogP contribution in [0.2, 0.25) is 0 Å². The fraction of sp³-hybridized carbons (Fsp3) is 0.538. The summed E-state index contributed by atoms with van der Waals surface area (Å²) in [6, 6.07) is 1.75. The van der Waals surface area contributed by atoms with Crippen molar-refractivity contribution < 1.29 is 23.1 Å². The molecule has 1 N–H and O–H groups in total. The van der Waals surface area contributed by atoms with Gasteiger partial charge in [-0.25, -0.2) is 4.98 Å². The first-order valence-electron chi connectivity index (χ1n) is 6.39. The first kappa shape index (κ1) is 14.6. The fourth-order valence-electron chi connectivity index (χ4n) is 2.51. The van der Waals surface area contributed by atoms with Crippen LogP contribution in [0.4, 0.5) is 19.0 Å². The highest BCUT2D eigenvalue weighted by molar-refractivity contribution is 5.73. The van der Waals surface area contributed by atoms with E-state index in [9.17, 15) is 18.0 Å². The van der Waals surface area contributed by atoms with E-state index in [2.05, 4.69) is 4.98 Å². The van der Waals surface area contributed by atoms with E-state index in [-0.39, 0.29) is 18.4 Å². The first-order valence-corrected chi connectivity index (χ1v) is 6.39. The highest BCUT2D eigenvalue weighted by Gasteiger charge is 2.32. The van der Waals surface area contributed by atoms with Crippen molar-refractivity contribution >= 4 is 11.8 Å². The molecule has 0 atom stereocenters. The molecule has 2 rings (SSSR count). The van der Waals surface area contributed by atoms with Crippen molar-refractivity contribution in [3.63, 3.8) is 0 Å². The number of aliphatic carboxylic acids is 1. The summed E-state index contributed by atoms with van der Waals surface area (Å²) in [5.74, 6) is -0.995. The molecule has 1 fully saturated rings. The van der Waals surface area contributed by atoms with Crippen LogP contribution in [0.1, 0.15) is 31.2 Å². The molecule has 0 unspecified atom stereocenters. The topological polar surface area (TPSA) is 53.4 Å². The number of pyridine rings is 1. The Morgan fingerprint density at radius 3 is 2.60 bits per heavy atom. The maximum absolute atomic E-state index is 12.7. The van der Waals surface area contributed by atoms with E-state index in [1.807, 2.05) is 0 Å². The van der Waals surface area contributed by atoms with Gasteiger partial charge in [0, 0.05) is 12.2 Å². The summed E-state index contributed by atoms with van der Waals surface area (Å²) in [5.41, 5.74) is -0.809. The standard InChI is InChI=1S/C13H15F3N2O2/c14-13(15,16)9-5-6-17-11(7-9)18(8-12(19)20)10-3-1-2-4-10/h5-7,10H,1-4,8H2,(H,19,20). The van der Waals surface area contributed by atoms with E-state index >= 15 is 0 Å². The van der Waals surface area contributed by atoms with Crippen LogP contribution in [0.15, 0.2) is 18.3 Å². The van der Waals surface area contributed by atoms with Gasteiger partial charge in [-0.05, 0) is 25.0 Å². The normalized spacial score (nSPS) is 16.4. The predicted octanol–water partition coefficient (Wildman–Crippen LogP) is 2.93. The number of aromatic nitrogens is 1. The molecule has 0 spiro atoms. The molecule has 1 saturated carbocycles. The number of hydrogen-bond donors (Lipinski definition) is 1. The second-order valence-corrected chi connectivity index (χ2v) is 4.86. The first-order chi connectivity index (χ1) is 9.38. The van der Waals surface area contributed by atoms with Crippen molar-refractivity contribution in [2.45, 2.75) is 37.9 Å². The zero-order valence-corrected chi connectivity index (χ0v) is 10.7. The predicted molar refractivity (Wildman–Crippen MR) is 66.5 cm³/mol. The number of rotatable bonds is 4. The summed E-state index contributed by atoms with van der Waals surface area (Å²) < 4.78 is 38.1. The molecule has 4 nitrogen and oxygen atoms in total. The lowest BCUT2D eigenvalue weighted by Crippen LogP contribution is -2.38. The summed E-state index contributed by atoms with van der Waals surface area (Å²) in [4.78, 5) is 16.3. The van der Waals surface area contributed by atoms with Gasteiger partial charge in [-0.15, -0.1) is 0 Å². The van der Waals surface area contributed by atoms with Crippen LogP contribution in [0.3, 0.4) is 0 Å². The summed E-state index contributed by atoms with van der Waals surface area (Å²) in [6.45, 7) is -0.334. The minimum absolute atomic E-state index is 0.0536. The van der Waals surface area contributed by atoms with Crippen LogP contribution in [0.5, 0.6) is 0 Å². The van der Waals surface area contributed by atoms with Crippen molar-refractivity contribution in [3.8, 4) is 0 Å². The summed E-state index contributed by atoms with van der Waals surface area (Å²) in [7, 11) is 0. The van der Waals surface area contributed by atoms with Gasteiger partial charge in [0.2, 0.25) is 0 Å². The highest BCUT2D eigenvalue weighted by Crippen LogP contribution is 2.32. The second-order valence-electron chi connectivity index (χ2n) is 4.86. The maximum Gasteiger partial charge on any atom is 0.416 e. The molecule has 0 amide bonds. The third kappa shape index (κ3) is 3.40. The minimum Gasteiger partial charge on any atom is -0.480 e. The SMILES string of the molecule is O=C(O)CN(c1cc(C(F)(F)F)ccn1)C1CCCC1. The molecule has 1 aromatic rings. The molecule has 1 aromatic heterocycles. The van der Waals surface area contributed by atoms with Gasteiger partial charge < -0.3 is 10.0 Å². The molecule has 20 heavy (non-hydrogen) atoms. The average Bonchev–Trinajstić information content (AvgIpc) is 2.88. The van der Waals surface area contributed by atoms with Crippen LogP contribution in [-0.2, 0) is 11.0 Å². The van der Waals surface area contributed by atoms with Gasteiger partial charge in [0.15, 0.2) is 0 Å². The summed E-state index contributed by atoms with van der Waals surface area (Å²) in [6.07, 6.45) is 0.0973.